The Bertz CT molecular complexity index is 565. The van der Waals surface area contributed by atoms with Crippen molar-refractivity contribution in [2.75, 3.05) is 19.3 Å². The Hall–Kier alpha value is -1.60. The molecule has 7 heteroatoms. The molecule has 6 nitrogen and oxygen atoms in total. The summed E-state index contributed by atoms with van der Waals surface area (Å²) in [6, 6.07) is 6.28. The molecule has 0 spiro atoms. The van der Waals surface area contributed by atoms with Crippen LogP contribution in [0.4, 0.5) is 0 Å². The van der Waals surface area contributed by atoms with Crippen molar-refractivity contribution < 1.29 is 13.6 Å². The van der Waals surface area contributed by atoms with Gasteiger partial charge in [-0.3, -0.25) is 0 Å². The molecule has 1 aromatic rings. The third kappa shape index (κ3) is 4.21. The van der Waals surface area contributed by atoms with Gasteiger partial charge in [-0.25, -0.2) is 8.42 Å². The number of nitrogens with two attached hydrogens (primary N) is 1. The van der Waals surface area contributed by atoms with E-state index in [4.69, 9.17) is 10.9 Å². The van der Waals surface area contributed by atoms with Gasteiger partial charge < -0.3 is 15.8 Å². The molecule has 0 saturated carbocycles. The highest BCUT2D eigenvalue weighted by molar-refractivity contribution is 7.91. The molecule has 20 heavy (non-hydrogen) atoms. The molecule has 0 fully saturated rings. The Labute approximate surface area is 119 Å². The van der Waals surface area contributed by atoms with Gasteiger partial charge >= 0.3 is 0 Å². The van der Waals surface area contributed by atoms with E-state index in [0.717, 1.165) is 0 Å². The molecule has 0 radical (unpaired) electrons. The standard InChI is InChI=1S/C13H21N3O3S/c1-10(2)16(3)8-9-20(18,19)12-6-4-11(5-7-12)13(14)15-17/h4-7,10,17H,8-9H2,1-3H3,(H2,14,15). The van der Waals surface area contributed by atoms with Gasteiger partial charge in [-0.05, 0) is 45.2 Å². The Morgan fingerprint density at radius 1 is 1.35 bits per heavy atom. The summed E-state index contributed by atoms with van der Waals surface area (Å²) < 4.78 is 24.3. The van der Waals surface area contributed by atoms with E-state index in [1.807, 2.05) is 25.8 Å². The van der Waals surface area contributed by atoms with Crippen LogP contribution in [0.2, 0.25) is 0 Å². The van der Waals surface area contributed by atoms with Gasteiger partial charge in [0.15, 0.2) is 15.7 Å². The van der Waals surface area contributed by atoms with Gasteiger partial charge in [0.25, 0.3) is 0 Å². The predicted octanol–water partition coefficient (Wildman–Crippen LogP) is 0.895. The molecule has 0 saturated heterocycles. The minimum atomic E-state index is -3.32. The second-order valence-corrected chi connectivity index (χ2v) is 7.01. The van der Waals surface area contributed by atoms with E-state index in [9.17, 15) is 8.42 Å². The Kier molecular flexibility index (Phi) is 5.52. The zero-order valence-electron chi connectivity index (χ0n) is 11.9. The van der Waals surface area contributed by atoms with Crippen molar-refractivity contribution in [2.45, 2.75) is 24.8 Å². The number of hydrogen-bond donors (Lipinski definition) is 2. The highest BCUT2D eigenvalue weighted by Gasteiger charge is 2.16. The van der Waals surface area contributed by atoms with Gasteiger partial charge in [-0.15, -0.1) is 0 Å². The predicted molar refractivity (Wildman–Crippen MR) is 78.8 cm³/mol. The van der Waals surface area contributed by atoms with Gasteiger partial charge in [0, 0.05) is 18.2 Å². The minimum absolute atomic E-state index is 0.0477. The third-order valence-corrected chi connectivity index (χ3v) is 4.92. The van der Waals surface area contributed by atoms with Crippen molar-refractivity contribution in [3.63, 3.8) is 0 Å². The SMILES string of the molecule is CC(C)N(C)CCS(=O)(=O)c1ccc(/C(N)=N/O)cc1. The maximum atomic E-state index is 12.2. The van der Waals surface area contributed by atoms with Crippen molar-refractivity contribution in [3.8, 4) is 0 Å². The fourth-order valence-corrected chi connectivity index (χ4v) is 2.85. The average molecular weight is 299 g/mol. The molecule has 0 aliphatic rings. The normalized spacial score (nSPS) is 13.2. The molecule has 3 N–H and O–H groups in total. The van der Waals surface area contributed by atoms with E-state index in [1.54, 1.807) is 0 Å². The molecule has 0 aromatic heterocycles. The summed E-state index contributed by atoms with van der Waals surface area (Å²) in [5.41, 5.74) is 5.91. The smallest absolute Gasteiger partial charge is 0.179 e. The zero-order valence-corrected chi connectivity index (χ0v) is 12.8. The molecular weight excluding hydrogens is 278 g/mol. The Morgan fingerprint density at radius 3 is 2.35 bits per heavy atom. The van der Waals surface area contributed by atoms with Crippen LogP contribution >= 0.6 is 0 Å². The van der Waals surface area contributed by atoms with E-state index < -0.39 is 9.84 Å². The van der Waals surface area contributed by atoms with Crippen LogP contribution in [0.3, 0.4) is 0 Å². The summed E-state index contributed by atoms with van der Waals surface area (Å²) in [6.07, 6.45) is 0. The topological polar surface area (TPSA) is 96.0 Å². The van der Waals surface area contributed by atoms with E-state index in [2.05, 4.69) is 5.16 Å². The second kappa shape index (κ2) is 6.71. The van der Waals surface area contributed by atoms with Crippen LogP contribution in [-0.2, 0) is 9.84 Å². The number of amidine groups is 1. The van der Waals surface area contributed by atoms with Crippen molar-refractivity contribution >= 4 is 15.7 Å². The van der Waals surface area contributed by atoms with Crippen molar-refractivity contribution in [1.29, 1.82) is 0 Å². The van der Waals surface area contributed by atoms with Crippen LogP contribution in [-0.4, -0.2) is 49.7 Å². The first-order valence-electron chi connectivity index (χ1n) is 6.29. The van der Waals surface area contributed by atoms with Gasteiger partial charge in [-0.2, -0.15) is 0 Å². The molecule has 112 valence electrons. The molecule has 1 rings (SSSR count). The number of hydrogen-bond acceptors (Lipinski definition) is 5. The highest BCUT2D eigenvalue weighted by Crippen LogP contribution is 2.13. The quantitative estimate of drug-likeness (QED) is 0.352. The fraction of sp³-hybridized carbons (Fsp3) is 0.462. The summed E-state index contributed by atoms with van der Waals surface area (Å²) in [5, 5.41) is 11.4. The molecule has 0 atom stereocenters. The fourth-order valence-electron chi connectivity index (χ4n) is 1.53. The Morgan fingerprint density at radius 2 is 1.90 bits per heavy atom. The molecular formula is C13H21N3O3S. The molecule has 0 unspecified atom stereocenters. The molecule has 1 aromatic carbocycles. The summed E-state index contributed by atoms with van der Waals surface area (Å²) >= 11 is 0. The first kappa shape index (κ1) is 16.5. The largest absolute Gasteiger partial charge is 0.409 e. The third-order valence-electron chi connectivity index (χ3n) is 3.21. The van der Waals surface area contributed by atoms with Crippen molar-refractivity contribution in [2.24, 2.45) is 10.9 Å². The number of benzene rings is 1. The van der Waals surface area contributed by atoms with Crippen LogP contribution in [0.25, 0.3) is 0 Å². The summed E-state index contributed by atoms with van der Waals surface area (Å²) in [4.78, 5) is 2.21. The van der Waals surface area contributed by atoms with Crippen LogP contribution in [0.1, 0.15) is 19.4 Å². The highest BCUT2D eigenvalue weighted by atomic mass is 32.2. The lowest BCUT2D eigenvalue weighted by Crippen LogP contribution is -2.31. The molecule has 0 heterocycles. The summed E-state index contributed by atoms with van der Waals surface area (Å²) in [6.45, 7) is 4.50. The van der Waals surface area contributed by atoms with E-state index >= 15 is 0 Å². The van der Waals surface area contributed by atoms with Crippen LogP contribution in [0, 0.1) is 0 Å². The molecule has 0 aliphatic heterocycles. The molecule has 0 aliphatic carbocycles. The zero-order chi connectivity index (χ0) is 15.3. The maximum absolute atomic E-state index is 12.2. The lowest BCUT2D eigenvalue weighted by atomic mass is 10.2. The molecule has 0 bridgehead atoms. The number of sulfone groups is 1. The number of rotatable bonds is 6. The minimum Gasteiger partial charge on any atom is -0.409 e. The molecule has 0 amide bonds. The lowest BCUT2D eigenvalue weighted by molar-refractivity contribution is 0.289. The van der Waals surface area contributed by atoms with Gasteiger partial charge in [-0.1, -0.05) is 5.16 Å². The van der Waals surface area contributed by atoms with E-state index in [-0.39, 0.29) is 16.5 Å². The average Bonchev–Trinajstić information content (AvgIpc) is 2.44. The second-order valence-electron chi connectivity index (χ2n) is 4.90. The number of oxime groups is 1. The van der Waals surface area contributed by atoms with E-state index in [1.165, 1.54) is 24.3 Å². The summed E-state index contributed by atoms with van der Waals surface area (Å²) in [7, 11) is -1.43. The van der Waals surface area contributed by atoms with Crippen LogP contribution < -0.4 is 5.73 Å². The van der Waals surface area contributed by atoms with Crippen molar-refractivity contribution in [1.82, 2.24) is 4.90 Å². The van der Waals surface area contributed by atoms with Crippen molar-refractivity contribution in [3.05, 3.63) is 29.8 Å². The first-order valence-corrected chi connectivity index (χ1v) is 7.94. The summed E-state index contributed by atoms with van der Waals surface area (Å²) in [5.74, 6) is 0.0124. The van der Waals surface area contributed by atoms with E-state index in [0.29, 0.717) is 18.2 Å². The van der Waals surface area contributed by atoms with Gasteiger partial charge in [0.1, 0.15) is 0 Å². The lowest BCUT2D eigenvalue weighted by Gasteiger charge is -2.20. The van der Waals surface area contributed by atoms with Gasteiger partial charge in [0.05, 0.1) is 10.6 Å². The maximum Gasteiger partial charge on any atom is 0.179 e. The van der Waals surface area contributed by atoms with Crippen LogP contribution in [0.15, 0.2) is 34.3 Å². The monoisotopic (exact) mass is 299 g/mol. The Balaban J connectivity index is 2.83. The first-order chi connectivity index (χ1) is 9.27. The van der Waals surface area contributed by atoms with Gasteiger partial charge in [0.2, 0.25) is 0 Å². The number of nitrogens with zero attached hydrogens (tertiary/aromatic N) is 2. The van der Waals surface area contributed by atoms with Crippen LogP contribution in [0.5, 0.6) is 0 Å².